The van der Waals surface area contributed by atoms with Gasteiger partial charge < -0.3 is 10.2 Å². The summed E-state index contributed by atoms with van der Waals surface area (Å²) >= 11 is 6.38. The Morgan fingerprint density at radius 2 is 1.91 bits per heavy atom. The van der Waals surface area contributed by atoms with Gasteiger partial charge in [0, 0.05) is 38.5 Å². The first-order chi connectivity index (χ1) is 15.1. The fourth-order valence-corrected chi connectivity index (χ4v) is 4.44. The number of benzene rings is 1. The number of likely N-dealkylation sites (tertiary alicyclic amines) is 1. The molecule has 1 aromatic heterocycles. The number of carbonyl (C=O) groups excluding carboxylic acids is 2. The van der Waals surface area contributed by atoms with Crippen molar-refractivity contribution in [1.29, 1.82) is 0 Å². The molecule has 172 valence electrons. The van der Waals surface area contributed by atoms with Gasteiger partial charge >= 0.3 is 6.18 Å². The Kier molecular flexibility index (Phi) is 7.34. The summed E-state index contributed by atoms with van der Waals surface area (Å²) in [6.07, 6.45) is -3.48. The molecule has 0 aliphatic carbocycles. The van der Waals surface area contributed by atoms with Crippen LogP contribution in [0.2, 0.25) is 0 Å². The quantitative estimate of drug-likeness (QED) is 0.514. The summed E-state index contributed by atoms with van der Waals surface area (Å²) in [5.41, 5.74) is 1.61. The number of amides is 2. The lowest BCUT2D eigenvalue weighted by molar-refractivity contribution is -0.138. The number of nitrogens with one attached hydrogen (secondary N) is 2. The molecule has 2 aromatic rings. The molecular formula is C20H22F3N5O2S2. The lowest BCUT2D eigenvalue weighted by atomic mass is 9.96. The Bertz CT molecular complexity index is 1000. The van der Waals surface area contributed by atoms with Gasteiger partial charge in [-0.15, -0.1) is 11.3 Å². The largest absolute Gasteiger partial charge is 0.417 e. The lowest BCUT2D eigenvalue weighted by Gasteiger charge is -2.31. The van der Waals surface area contributed by atoms with Crippen molar-refractivity contribution in [2.24, 2.45) is 0 Å². The predicted molar refractivity (Wildman–Crippen MR) is 118 cm³/mol. The molecule has 0 radical (unpaired) electrons. The Balaban J connectivity index is 1.62. The van der Waals surface area contributed by atoms with E-state index in [9.17, 15) is 22.8 Å². The van der Waals surface area contributed by atoms with Crippen molar-refractivity contribution >= 4 is 40.5 Å². The fourth-order valence-electron chi connectivity index (χ4n) is 3.42. The van der Waals surface area contributed by atoms with E-state index in [1.807, 2.05) is 0 Å². The van der Waals surface area contributed by atoms with Gasteiger partial charge in [0.1, 0.15) is 5.69 Å². The molecule has 1 aliphatic heterocycles. The van der Waals surface area contributed by atoms with Crippen LogP contribution in [-0.4, -0.2) is 59.0 Å². The molecule has 1 fully saturated rings. The Morgan fingerprint density at radius 3 is 2.53 bits per heavy atom. The Morgan fingerprint density at radius 1 is 1.25 bits per heavy atom. The second-order valence-electron chi connectivity index (χ2n) is 7.24. The topological polar surface area (TPSA) is 77.6 Å². The van der Waals surface area contributed by atoms with Gasteiger partial charge in [-0.3, -0.25) is 20.0 Å². The van der Waals surface area contributed by atoms with Gasteiger partial charge in [-0.2, -0.15) is 13.2 Å². The van der Waals surface area contributed by atoms with E-state index in [1.165, 1.54) is 39.4 Å². The van der Waals surface area contributed by atoms with E-state index in [2.05, 4.69) is 15.7 Å². The SMILES string of the molecule is CNC(=S)N(C)NC(=O)c1csc(C2CCN(C(=O)c3ccccc3C(F)(F)F)CC2)n1. The van der Waals surface area contributed by atoms with E-state index < -0.39 is 23.6 Å². The average Bonchev–Trinajstić information content (AvgIpc) is 3.28. The number of aromatic nitrogens is 1. The summed E-state index contributed by atoms with van der Waals surface area (Å²) in [6.45, 7) is 0.631. The van der Waals surface area contributed by atoms with Gasteiger partial charge in [-0.1, -0.05) is 12.1 Å². The van der Waals surface area contributed by atoms with Crippen molar-refractivity contribution in [2.45, 2.75) is 24.9 Å². The molecule has 1 aliphatic rings. The van der Waals surface area contributed by atoms with Gasteiger partial charge in [-0.25, -0.2) is 4.98 Å². The van der Waals surface area contributed by atoms with E-state index in [0.717, 1.165) is 11.1 Å². The number of halogens is 3. The summed E-state index contributed by atoms with van der Waals surface area (Å²) in [5.74, 6) is -0.998. The van der Waals surface area contributed by atoms with Crippen molar-refractivity contribution in [3.8, 4) is 0 Å². The highest BCUT2D eigenvalue weighted by Gasteiger charge is 2.36. The molecule has 1 aromatic carbocycles. The molecule has 2 amide bonds. The first-order valence-corrected chi connectivity index (χ1v) is 11.1. The number of hydrogen-bond acceptors (Lipinski definition) is 5. The third-order valence-electron chi connectivity index (χ3n) is 5.14. The molecule has 0 spiro atoms. The van der Waals surface area contributed by atoms with Gasteiger partial charge in [-0.05, 0) is 37.2 Å². The third kappa shape index (κ3) is 5.36. The molecule has 3 rings (SSSR count). The smallest absolute Gasteiger partial charge is 0.364 e. The molecule has 0 atom stereocenters. The van der Waals surface area contributed by atoms with Crippen molar-refractivity contribution in [2.75, 3.05) is 27.2 Å². The first-order valence-electron chi connectivity index (χ1n) is 9.79. The molecule has 0 unspecified atom stereocenters. The molecule has 1 saturated heterocycles. The van der Waals surface area contributed by atoms with Crippen LogP contribution in [0.15, 0.2) is 29.6 Å². The Labute approximate surface area is 192 Å². The van der Waals surface area contributed by atoms with E-state index in [-0.39, 0.29) is 17.2 Å². The molecule has 12 heteroatoms. The van der Waals surface area contributed by atoms with Crippen LogP contribution < -0.4 is 10.7 Å². The first kappa shape index (κ1) is 23.9. The van der Waals surface area contributed by atoms with E-state index in [0.29, 0.717) is 31.0 Å². The van der Waals surface area contributed by atoms with Crippen molar-refractivity contribution in [1.82, 2.24) is 25.6 Å². The monoisotopic (exact) mass is 485 g/mol. The van der Waals surface area contributed by atoms with Crippen LogP contribution >= 0.6 is 23.6 Å². The maximum atomic E-state index is 13.2. The second-order valence-corrected chi connectivity index (χ2v) is 8.51. The van der Waals surface area contributed by atoms with Crippen LogP contribution in [0.5, 0.6) is 0 Å². The number of alkyl halides is 3. The maximum absolute atomic E-state index is 13.2. The lowest BCUT2D eigenvalue weighted by Crippen LogP contribution is -2.47. The molecule has 7 nitrogen and oxygen atoms in total. The van der Waals surface area contributed by atoms with Crippen molar-refractivity contribution in [3.63, 3.8) is 0 Å². The maximum Gasteiger partial charge on any atom is 0.417 e. The van der Waals surface area contributed by atoms with Crippen LogP contribution in [-0.2, 0) is 6.18 Å². The summed E-state index contributed by atoms with van der Waals surface area (Å²) in [5, 5.41) is 6.88. The standard InChI is InChI=1S/C20H22F3N5O2S2/c1-24-19(31)27(2)26-16(29)15-11-32-17(25-15)12-7-9-28(10-8-12)18(30)13-5-3-4-6-14(13)20(21,22)23/h3-6,11-12H,7-10H2,1-2H3,(H,24,31)(H,26,29). The fraction of sp³-hybridized carbons (Fsp3) is 0.400. The number of nitrogens with zero attached hydrogens (tertiary/aromatic N) is 3. The average molecular weight is 486 g/mol. The summed E-state index contributed by atoms with van der Waals surface area (Å²) in [4.78, 5) is 30.9. The number of thiazole rings is 1. The normalized spacial score (nSPS) is 14.7. The summed E-state index contributed by atoms with van der Waals surface area (Å²) in [6, 6.07) is 4.83. The van der Waals surface area contributed by atoms with Crippen LogP contribution in [0.1, 0.15) is 50.2 Å². The molecular weight excluding hydrogens is 463 g/mol. The summed E-state index contributed by atoms with van der Waals surface area (Å²) < 4.78 is 39.7. The van der Waals surface area contributed by atoms with Crippen LogP contribution in [0.4, 0.5) is 13.2 Å². The Hall–Kier alpha value is -2.73. The molecule has 0 bridgehead atoms. The van der Waals surface area contributed by atoms with Crippen molar-refractivity contribution < 1.29 is 22.8 Å². The molecule has 32 heavy (non-hydrogen) atoms. The zero-order valence-electron chi connectivity index (χ0n) is 17.4. The highest BCUT2D eigenvalue weighted by Crippen LogP contribution is 2.34. The predicted octanol–water partition coefficient (Wildman–Crippen LogP) is 3.26. The highest BCUT2D eigenvalue weighted by molar-refractivity contribution is 7.80. The van der Waals surface area contributed by atoms with E-state index in [4.69, 9.17) is 12.2 Å². The number of piperidine rings is 1. The zero-order valence-corrected chi connectivity index (χ0v) is 19.0. The van der Waals surface area contributed by atoms with Crippen molar-refractivity contribution in [3.05, 3.63) is 51.5 Å². The zero-order chi connectivity index (χ0) is 23.5. The number of rotatable bonds is 3. The molecule has 2 N–H and O–H groups in total. The van der Waals surface area contributed by atoms with Crippen LogP contribution in [0.3, 0.4) is 0 Å². The summed E-state index contributed by atoms with van der Waals surface area (Å²) in [7, 11) is 3.25. The minimum atomic E-state index is -4.59. The molecule has 0 saturated carbocycles. The minimum Gasteiger partial charge on any atom is -0.364 e. The number of thiocarbonyl (C=S) groups is 1. The third-order valence-corrected chi connectivity index (χ3v) is 6.62. The van der Waals surface area contributed by atoms with E-state index in [1.54, 1.807) is 19.5 Å². The van der Waals surface area contributed by atoms with Gasteiger partial charge in [0.2, 0.25) is 0 Å². The van der Waals surface area contributed by atoms with E-state index >= 15 is 0 Å². The van der Waals surface area contributed by atoms with Gasteiger partial charge in [0.25, 0.3) is 11.8 Å². The van der Waals surface area contributed by atoms with Gasteiger partial charge in [0.15, 0.2) is 5.11 Å². The highest BCUT2D eigenvalue weighted by atomic mass is 32.1. The number of carbonyl (C=O) groups is 2. The number of hydrazine groups is 1. The van der Waals surface area contributed by atoms with Crippen LogP contribution in [0.25, 0.3) is 0 Å². The minimum absolute atomic E-state index is 0.0274. The van der Waals surface area contributed by atoms with Crippen LogP contribution in [0, 0.1) is 0 Å². The van der Waals surface area contributed by atoms with Gasteiger partial charge in [0.05, 0.1) is 16.1 Å². The second kappa shape index (κ2) is 9.82. The number of hydrogen-bond donors (Lipinski definition) is 2. The molecule has 2 heterocycles.